The first kappa shape index (κ1) is 15.7. The van der Waals surface area contributed by atoms with Gasteiger partial charge in [0.2, 0.25) is 11.8 Å². The number of nitrogens with one attached hydrogen (secondary N) is 1. The fourth-order valence-electron chi connectivity index (χ4n) is 1.02. The monoisotopic (exact) mass is 223 g/mol. The summed E-state index contributed by atoms with van der Waals surface area (Å²) >= 11 is 0. The molecule has 0 aliphatic carbocycles. The zero-order chi connectivity index (χ0) is 10.3. The highest BCUT2D eigenvalue weighted by atomic mass is 35.5. The van der Waals surface area contributed by atoms with Gasteiger partial charge in [0.25, 0.3) is 0 Å². The lowest BCUT2D eigenvalue weighted by Gasteiger charge is -2.13. The predicted molar refractivity (Wildman–Crippen MR) is 57.0 cm³/mol. The van der Waals surface area contributed by atoms with Gasteiger partial charge in [0.1, 0.15) is 6.04 Å². The van der Waals surface area contributed by atoms with E-state index >= 15 is 0 Å². The Morgan fingerprint density at radius 2 is 1.93 bits per heavy atom. The highest BCUT2D eigenvalue weighted by Gasteiger charge is 2.14. The van der Waals surface area contributed by atoms with Crippen LogP contribution in [0.4, 0.5) is 0 Å². The van der Waals surface area contributed by atoms with E-state index in [-0.39, 0.29) is 18.3 Å². The molecule has 5 nitrogen and oxygen atoms in total. The molecule has 14 heavy (non-hydrogen) atoms. The van der Waals surface area contributed by atoms with Gasteiger partial charge in [0.15, 0.2) is 0 Å². The molecule has 5 N–H and O–H groups in total. The summed E-state index contributed by atoms with van der Waals surface area (Å²) < 4.78 is 0. The van der Waals surface area contributed by atoms with Crippen LogP contribution in [0.2, 0.25) is 0 Å². The Kier molecular flexibility index (Phi) is 9.81. The summed E-state index contributed by atoms with van der Waals surface area (Å²) in [6.45, 7) is 1.95. The quantitative estimate of drug-likeness (QED) is 0.531. The fourth-order valence-corrected chi connectivity index (χ4v) is 1.02. The summed E-state index contributed by atoms with van der Waals surface area (Å²) in [7, 11) is 0. The molecule has 0 aromatic heterocycles. The lowest BCUT2D eigenvalue weighted by atomic mass is 10.1. The number of carbonyl (C=O) groups excluding carboxylic acids is 2. The maximum absolute atomic E-state index is 10.8. The van der Waals surface area contributed by atoms with Crippen molar-refractivity contribution >= 4 is 24.2 Å². The summed E-state index contributed by atoms with van der Waals surface area (Å²) in [5.41, 5.74) is 10.4. The van der Waals surface area contributed by atoms with E-state index in [9.17, 15) is 9.59 Å². The third-order valence-electron chi connectivity index (χ3n) is 1.67. The molecule has 1 atom stereocenters. The molecule has 0 aromatic carbocycles. The van der Waals surface area contributed by atoms with Crippen LogP contribution in [0.15, 0.2) is 0 Å². The van der Waals surface area contributed by atoms with E-state index in [2.05, 4.69) is 5.32 Å². The number of hydrogen-bond donors (Lipinski definition) is 3. The number of hydrogen-bond acceptors (Lipinski definition) is 3. The number of rotatable bonds is 6. The highest BCUT2D eigenvalue weighted by Crippen LogP contribution is 1.99. The first-order chi connectivity index (χ1) is 6.07. The van der Waals surface area contributed by atoms with Crippen LogP contribution in [0.25, 0.3) is 0 Å². The van der Waals surface area contributed by atoms with Gasteiger partial charge < -0.3 is 16.8 Å². The maximum Gasteiger partial charge on any atom is 0.239 e. The molecule has 0 aromatic rings. The van der Waals surface area contributed by atoms with Crippen LogP contribution >= 0.6 is 12.4 Å². The zero-order valence-corrected chi connectivity index (χ0v) is 9.10. The SMILES string of the molecule is CC(=O)N[C@@H](CCCCN)C(N)=O.Cl. The van der Waals surface area contributed by atoms with Crippen LogP contribution in [0.5, 0.6) is 0 Å². The molecule has 0 bridgehead atoms. The normalized spacial score (nSPS) is 11.3. The number of halogens is 1. The summed E-state index contributed by atoms with van der Waals surface area (Å²) in [6.07, 6.45) is 2.19. The Morgan fingerprint density at radius 3 is 2.29 bits per heavy atom. The van der Waals surface area contributed by atoms with E-state index in [4.69, 9.17) is 11.5 Å². The van der Waals surface area contributed by atoms with Gasteiger partial charge in [-0.1, -0.05) is 0 Å². The molecule has 0 saturated carbocycles. The molecule has 0 fully saturated rings. The summed E-state index contributed by atoms with van der Waals surface area (Å²) in [5, 5.41) is 2.48. The fraction of sp³-hybridized carbons (Fsp3) is 0.750. The van der Waals surface area contributed by atoms with Crippen molar-refractivity contribution in [3.63, 3.8) is 0 Å². The molecular formula is C8H18ClN3O2. The van der Waals surface area contributed by atoms with Crippen molar-refractivity contribution in [2.24, 2.45) is 11.5 Å². The van der Waals surface area contributed by atoms with Gasteiger partial charge in [-0.25, -0.2) is 0 Å². The molecule has 0 rings (SSSR count). The number of amides is 2. The minimum Gasteiger partial charge on any atom is -0.368 e. The molecule has 0 saturated heterocycles. The van der Waals surface area contributed by atoms with Crippen molar-refractivity contribution in [3.8, 4) is 0 Å². The average molecular weight is 224 g/mol. The number of carbonyl (C=O) groups is 2. The van der Waals surface area contributed by atoms with Gasteiger partial charge in [-0.3, -0.25) is 9.59 Å². The lowest BCUT2D eigenvalue weighted by Crippen LogP contribution is -2.43. The first-order valence-electron chi connectivity index (χ1n) is 4.34. The Balaban J connectivity index is 0. The molecule has 2 amide bonds. The molecule has 0 aliphatic heterocycles. The van der Waals surface area contributed by atoms with Crippen LogP contribution < -0.4 is 16.8 Å². The first-order valence-corrected chi connectivity index (χ1v) is 4.34. The van der Waals surface area contributed by atoms with Gasteiger partial charge in [-0.2, -0.15) is 0 Å². The van der Waals surface area contributed by atoms with Crippen molar-refractivity contribution in [1.82, 2.24) is 5.32 Å². The summed E-state index contributed by atoms with van der Waals surface area (Å²) in [5.74, 6) is -0.733. The Morgan fingerprint density at radius 1 is 1.36 bits per heavy atom. The second-order valence-electron chi connectivity index (χ2n) is 2.94. The van der Waals surface area contributed by atoms with Gasteiger partial charge >= 0.3 is 0 Å². The molecule has 84 valence electrons. The van der Waals surface area contributed by atoms with Crippen LogP contribution in [-0.2, 0) is 9.59 Å². The second kappa shape index (κ2) is 8.77. The third-order valence-corrected chi connectivity index (χ3v) is 1.67. The van der Waals surface area contributed by atoms with Crippen LogP contribution in [0, 0.1) is 0 Å². The molecule has 0 spiro atoms. The largest absolute Gasteiger partial charge is 0.368 e. The number of nitrogens with two attached hydrogens (primary N) is 2. The molecule has 0 heterocycles. The Labute approximate surface area is 90.0 Å². The zero-order valence-electron chi connectivity index (χ0n) is 8.29. The summed E-state index contributed by atoms with van der Waals surface area (Å²) in [6, 6.07) is -0.552. The van der Waals surface area contributed by atoms with Gasteiger partial charge in [-0.05, 0) is 25.8 Å². The van der Waals surface area contributed by atoms with Crippen molar-refractivity contribution in [2.75, 3.05) is 6.54 Å². The van der Waals surface area contributed by atoms with E-state index in [1.165, 1.54) is 6.92 Å². The Hall–Kier alpha value is -0.810. The minimum atomic E-state index is -0.552. The van der Waals surface area contributed by atoms with Crippen LogP contribution in [0.3, 0.4) is 0 Å². The average Bonchev–Trinajstić information content (AvgIpc) is 2.02. The number of primary amides is 1. The second-order valence-corrected chi connectivity index (χ2v) is 2.94. The van der Waals surface area contributed by atoms with Gasteiger partial charge in [0, 0.05) is 6.92 Å². The topological polar surface area (TPSA) is 98.2 Å². The molecular weight excluding hydrogens is 206 g/mol. The van der Waals surface area contributed by atoms with E-state index in [1.54, 1.807) is 0 Å². The van der Waals surface area contributed by atoms with E-state index in [0.717, 1.165) is 12.8 Å². The predicted octanol–water partition coefficient (Wildman–Crippen LogP) is -0.473. The Bertz CT molecular complexity index is 187. The van der Waals surface area contributed by atoms with Crippen molar-refractivity contribution < 1.29 is 9.59 Å². The third kappa shape index (κ3) is 7.82. The smallest absolute Gasteiger partial charge is 0.239 e. The molecule has 0 radical (unpaired) electrons. The van der Waals surface area contributed by atoms with Gasteiger partial charge in [0.05, 0.1) is 0 Å². The molecule has 0 unspecified atom stereocenters. The number of unbranched alkanes of at least 4 members (excludes halogenated alkanes) is 1. The van der Waals surface area contributed by atoms with Gasteiger partial charge in [-0.15, -0.1) is 12.4 Å². The van der Waals surface area contributed by atoms with Crippen LogP contribution in [-0.4, -0.2) is 24.4 Å². The van der Waals surface area contributed by atoms with Crippen LogP contribution in [0.1, 0.15) is 26.2 Å². The van der Waals surface area contributed by atoms with E-state index < -0.39 is 11.9 Å². The lowest BCUT2D eigenvalue weighted by molar-refractivity contribution is -0.126. The summed E-state index contributed by atoms with van der Waals surface area (Å²) in [4.78, 5) is 21.5. The molecule has 6 heteroatoms. The van der Waals surface area contributed by atoms with Crippen molar-refractivity contribution in [2.45, 2.75) is 32.2 Å². The van der Waals surface area contributed by atoms with E-state index in [1.807, 2.05) is 0 Å². The molecule has 0 aliphatic rings. The van der Waals surface area contributed by atoms with Crippen molar-refractivity contribution in [3.05, 3.63) is 0 Å². The highest BCUT2D eigenvalue weighted by molar-refractivity contribution is 5.85. The standard InChI is InChI=1S/C8H17N3O2.ClH/c1-6(12)11-7(8(10)13)4-2-3-5-9;/h7H,2-5,9H2,1H3,(H2,10,13)(H,11,12);1H/t7-;/m0./s1. The van der Waals surface area contributed by atoms with E-state index in [0.29, 0.717) is 13.0 Å². The minimum absolute atomic E-state index is 0. The maximum atomic E-state index is 10.8. The van der Waals surface area contributed by atoms with Crippen molar-refractivity contribution in [1.29, 1.82) is 0 Å².